The predicted molar refractivity (Wildman–Crippen MR) is 97.5 cm³/mol. The van der Waals surface area contributed by atoms with Crippen LogP contribution in [0.4, 0.5) is 18.9 Å². The molecule has 2 aromatic carbocycles. The highest BCUT2D eigenvalue weighted by molar-refractivity contribution is 5.92. The second kappa shape index (κ2) is 7.74. The fraction of sp³-hybridized carbons (Fsp3) is 0.158. The molecule has 0 saturated carbocycles. The lowest BCUT2D eigenvalue weighted by Crippen LogP contribution is -2.28. The summed E-state index contributed by atoms with van der Waals surface area (Å²) >= 11 is 0. The van der Waals surface area contributed by atoms with E-state index in [1.165, 1.54) is 60.4 Å². The van der Waals surface area contributed by atoms with Crippen LogP contribution in [0.1, 0.15) is 21.6 Å². The number of hydrogen-bond acceptors (Lipinski definition) is 4. The van der Waals surface area contributed by atoms with E-state index in [1.807, 2.05) is 0 Å². The summed E-state index contributed by atoms with van der Waals surface area (Å²) in [4.78, 5) is 24.1. The Morgan fingerprint density at radius 3 is 2.59 bits per heavy atom. The Labute approximate surface area is 163 Å². The molecule has 0 saturated heterocycles. The van der Waals surface area contributed by atoms with E-state index in [0.717, 1.165) is 11.0 Å². The van der Waals surface area contributed by atoms with Crippen LogP contribution in [-0.2, 0) is 12.7 Å². The summed E-state index contributed by atoms with van der Waals surface area (Å²) in [5, 5.41) is 15.0. The van der Waals surface area contributed by atoms with Crippen molar-refractivity contribution >= 4 is 11.6 Å². The van der Waals surface area contributed by atoms with Crippen molar-refractivity contribution in [3.05, 3.63) is 87.7 Å². The smallest absolute Gasteiger partial charge is 0.336 e. The third kappa shape index (κ3) is 4.42. The molecule has 0 spiro atoms. The molecule has 3 aromatic rings. The van der Waals surface area contributed by atoms with E-state index in [4.69, 9.17) is 0 Å². The van der Waals surface area contributed by atoms with Gasteiger partial charge in [0.05, 0.1) is 16.2 Å². The molecule has 0 aliphatic heterocycles. The Balaban J connectivity index is 1.80. The van der Waals surface area contributed by atoms with E-state index >= 15 is 0 Å². The maximum absolute atomic E-state index is 13.1. The number of halogens is 3. The van der Waals surface area contributed by atoms with E-state index in [-0.39, 0.29) is 23.5 Å². The van der Waals surface area contributed by atoms with Gasteiger partial charge in [-0.15, -0.1) is 0 Å². The van der Waals surface area contributed by atoms with Crippen molar-refractivity contribution in [1.29, 1.82) is 0 Å². The zero-order valence-electron chi connectivity index (χ0n) is 15.1. The summed E-state index contributed by atoms with van der Waals surface area (Å²) in [5.74, 6) is -0.578. The summed E-state index contributed by atoms with van der Waals surface area (Å²) in [6, 6.07) is 12.1. The van der Waals surface area contributed by atoms with E-state index in [2.05, 4.69) is 5.10 Å². The molecule has 29 heavy (non-hydrogen) atoms. The minimum Gasteiger partial charge on any atom is -0.336 e. The molecule has 10 heteroatoms. The summed E-state index contributed by atoms with van der Waals surface area (Å²) in [6.07, 6.45) is -3.08. The molecule has 0 aliphatic rings. The van der Waals surface area contributed by atoms with Crippen molar-refractivity contribution in [2.75, 3.05) is 7.05 Å². The number of aromatic nitrogens is 2. The Kier molecular flexibility index (Phi) is 5.35. The first-order valence-electron chi connectivity index (χ1n) is 8.38. The van der Waals surface area contributed by atoms with Gasteiger partial charge in [-0.2, -0.15) is 18.3 Å². The molecule has 0 radical (unpaired) electrons. The average molecular weight is 404 g/mol. The second-order valence-electron chi connectivity index (χ2n) is 6.24. The van der Waals surface area contributed by atoms with Crippen LogP contribution in [0.2, 0.25) is 0 Å². The molecule has 150 valence electrons. The molecular weight excluding hydrogens is 389 g/mol. The molecule has 0 unspecified atom stereocenters. The van der Waals surface area contributed by atoms with Crippen LogP contribution in [0.15, 0.2) is 60.8 Å². The van der Waals surface area contributed by atoms with Gasteiger partial charge in [0, 0.05) is 31.9 Å². The topological polar surface area (TPSA) is 81.3 Å². The molecule has 0 bridgehead atoms. The summed E-state index contributed by atoms with van der Waals surface area (Å²) < 4.78 is 40.7. The van der Waals surface area contributed by atoms with Gasteiger partial charge in [0.2, 0.25) is 0 Å². The Morgan fingerprint density at radius 1 is 1.17 bits per heavy atom. The zero-order valence-corrected chi connectivity index (χ0v) is 15.1. The molecule has 1 aromatic heterocycles. The highest BCUT2D eigenvalue weighted by atomic mass is 19.4. The Bertz CT molecular complexity index is 1060. The van der Waals surface area contributed by atoms with E-state index < -0.39 is 22.6 Å². The zero-order chi connectivity index (χ0) is 21.2. The Hall–Kier alpha value is -3.69. The van der Waals surface area contributed by atoms with Gasteiger partial charge >= 0.3 is 6.18 Å². The number of carbonyl (C=O) groups is 1. The third-order valence-electron chi connectivity index (χ3n) is 4.19. The first kappa shape index (κ1) is 20.1. The maximum atomic E-state index is 13.1. The van der Waals surface area contributed by atoms with E-state index in [1.54, 1.807) is 6.07 Å². The molecule has 7 nitrogen and oxygen atoms in total. The number of amides is 1. The Morgan fingerprint density at radius 2 is 1.90 bits per heavy atom. The molecular formula is C19H15F3N4O3. The lowest BCUT2D eigenvalue weighted by atomic mass is 10.1. The van der Waals surface area contributed by atoms with Gasteiger partial charge in [0.15, 0.2) is 5.69 Å². The number of alkyl halides is 3. The van der Waals surface area contributed by atoms with Gasteiger partial charge in [-0.25, -0.2) is 4.68 Å². The van der Waals surface area contributed by atoms with Crippen molar-refractivity contribution in [3.63, 3.8) is 0 Å². The highest BCUT2D eigenvalue weighted by Gasteiger charge is 2.33. The standard InChI is InChI=1S/C19H15F3N4O3/c1-24(12-13-5-2-3-8-16(13)19(20,21)22)18(27)17-9-10-25(23-17)14-6-4-7-15(11-14)26(28)29/h2-11H,12H2,1H3. The molecule has 0 atom stereocenters. The number of carbonyl (C=O) groups excluding carboxylic acids is 1. The van der Waals surface area contributed by atoms with Gasteiger partial charge < -0.3 is 4.90 Å². The first-order chi connectivity index (χ1) is 13.7. The van der Waals surface area contributed by atoms with Crippen LogP contribution < -0.4 is 0 Å². The molecule has 3 rings (SSSR count). The normalized spacial score (nSPS) is 11.3. The highest BCUT2D eigenvalue weighted by Crippen LogP contribution is 2.32. The van der Waals surface area contributed by atoms with Crippen LogP contribution in [0.3, 0.4) is 0 Å². The average Bonchev–Trinajstić information content (AvgIpc) is 3.17. The van der Waals surface area contributed by atoms with Crippen molar-refractivity contribution in [1.82, 2.24) is 14.7 Å². The number of hydrogen-bond donors (Lipinski definition) is 0. The number of non-ortho nitro benzene ring substituents is 1. The molecule has 0 aliphatic carbocycles. The van der Waals surface area contributed by atoms with Gasteiger partial charge in [0.25, 0.3) is 11.6 Å². The van der Waals surface area contributed by atoms with Crippen LogP contribution in [0.25, 0.3) is 5.69 Å². The van der Waals surface area contributed by atoms with Gasteiger partial charge in [0.1, 0.15) is 0 Å². The van der Waals surface area contributed by atoms with E-state index in [0.29, 0.717) is 5.69 Å². The molecule has 0 fully saturated rings. The van der Waals surface area contributed by atoms with Gasteiger partial charge in [-0.05, 0) is 23.8 Å². The molecule has 0 N–H and O–H groups in total. The van der Waals surface area contributed by atoms with Gasteiger partial charge in [-0.1, -0.05) is 24.3 Å². The largest absolute Gasteiger partial charge is 0.416 e. The van der Waals surface area contributed by atoms with Gasteiger partial charge in [-0.3, -0.25) is 14.9 Å². The molecule has 1 amide bonds. The van der Waals surface area contributed by atoms with Crippen molar-refractivity contribution in [3.8, 4) is 5.69 Å². The predicted octanol–water partition coefficient (Wildman–Crippen LogP) is 4.07. The van der Waals surface area contributed by atoms with Crippen LogP contribution >= 0.6 is 0 Å². The number of nitrogens with zero attached hydrogens (tertiary/aromatic N) is 4. The van der Waals surface area contributed by atoms with Crippen LogP contribution in [-0.4, -0.2) is 32.6 Å². The summed E-state index contributed by atoms with van der Waals surface area (Å²) in [6.45, 7) is -0.252. The maximum Gasteiger partial charge on any atom is 0.416 e. The van der Waals surface area contributed by atoms with Crippen LogP contribution in [0.5, 0.6) is 0 Å². The SMILES string of the molecule is CN(Cc1ccccc1C(F)(F)F)C(=O)c1ccn(-c2cccc([N+](=O)[O-])c2)n1. The number of nitro groups is 1. The van der Waals surface area contributed by atoms with Crippen LogP contribution in [0, 0.1) is 10.1 Å². The van der Waals surface area contributed by atoms with E-state index in [9.17, 15) is 28.1 Å². The second-order valence-corrected chi connectivity index (χ2v) is 6.24. The van der Waals surface area contributed by atoms with Crippen molar-refractivity contribution in [2.24, 2.45) is 0 Å². The minimum absolute atomic E-state index is 0.00324. The third-order valence-corrected chi connectivity index (χ3v) is 4.19. The fourth-order valence-electron chi connectivity index (χ4n) is 2.79. The lowest BCUT2D eigenvalue weighted by Gasteiger charge is -2.19. The van der Waals surface area contributed by atoms with Crippen molar-refractivity contribution < 1.29 is 22.9 Å². The van der Waals surface area contributed by atoms with Crippen molar-refractivity contribution in [2.45, 2.75) is 12.7 Å². The monoisotopic (exact) mass is 404 g/mol. The minimum atomic E-state index is -4.52. The first-order valence-corrected chi connectivity index (χ1v) is 8.38. The fourth-order valence-corrected chi connectivity index (χ4v) is 2.79. The summed E-state index contributed by atoms with van der Waals surface area (Å²) in [7, 11) is 1.38. The quantitative estimate of drug-likeness (QED) is 0.474. The number of rotatable bonds is 5. The summed E-state index contributed by atoms with van der Waals surface area (Å²) in [5.41, 5.74) is -0.589. The number of benzene rings is 2. The lowest BCUT2D eigenvalue weighted by molar-refractivity contribution is -0.384. The molecule has 1 heterocycles. The number of nitro benzene ring substituents is 1.